The summed E-state index contributed by atoms with van der Waals surface area (Å²) in [5.41, 5.74) is 3.77. The van der Waals surface area contributed by atoms with Gasteiger partial charge in [-0.1, -0.05) is 74.3 Å². The monoisotopic (exact) mass is 414 g/mol. The molecule has 1 aliphatic carbocycles. The van der Waals surface area contributed by atoms with E-state index in [-0.39, 0.29) is 0 Å². The van der Waals surface area contributed by atoms with Crippen LogP contribution in [0.1, 0.15) is 16.7 Å². The second kappa shape index (κ2) is 5.05. The Kier molecular flexibility index (Phi) is 3.26. The smallest absolute Gasteiger partial charge is 0.141 e. The first kappa shape index (κ1) is 14.2. The second-order valence-electron chi connectivity index (χ2n) is 5.46. The number of benzene rings is 3. The lowest BCUT2D eigenvalue weighted by atomic mass is 9.84. The fraction of sp³-hybridized carbons (Fsp3) is 0.0526. The quantitative estimate of drug-likeness (QED) is 0.558. The summed E-state index contributed by atoms with van der Waals surface area (Å²) in [6.45, 7) is 0. The predicted molar refractivity (Wildman–Crippen MR) is 95.8 cm³/mol. The van der Waals surface area contributed by atoms with Crippen LogP contribution < -0.4 is 0 Å². The summed E-state index contributed by atoms with van der Waals surface area (Å²) in [7, 11) is 0. The van der Waals surface area contributed by atoms with Crippen molar-refractivity contribution in [2.75, 3.05) is 0 Å². The minimum atomic E-state index is -1.10. The minimum Gasteiger partial charge on any atom is -0.376 e. The van der Waals surface area contributed by atoms with Crippen LogP contribution in [0.3, 0.4) is 0 Å². The van der Waals surface area contributed by atoms with Crippen LogP contribution in [0, 0.1) is 0 Å². The zero-order chi connectivity index (χ0) is 15.3. The Hall–Kier alpha value is -1.42. The van der Waals surface area contributed by atoms with Crippen molar-refractivity contribution < 1.29 is 5.11 Å². The Morgan fingerprint density at radius 3 is 1.68 bits per heavy atom. The van der Waals surface area contributed by atoms with E-state index in [1.54, 1.807) is 0 Å². The maximum Gasteiger partial charge on any atom is 0.141 e. The molecule has 0 aromatic heterocycles. The van der Waals surface area contributed by atoms with E-state index in [1.807, 2.05) is 54.6 Å². The number of halogens is 2. The molecule has 0 spiro atoms. The van der Waals surface area contributed by atoms with Gasteiger partial charge in [0.05, 0.1) is 0 Å². The number of fused-ring (bicyclic) bond motifs is 3. The topological polar surface area (TPSA) is 20.2 Å². The molecule has 3 aromatic rings. The van der Waals surface area contributed by atoms with Crippen LogP contribution in [0.4, 0.5) is 0 Å². The van der Waals surface area contributed by atoms with Gasteiger partial charge in [0.15, 0.2) is 0 Å². The summed E-state index contributed by atoms with van der Waals surface area (Å²) >= 11 is 7.07. The normalized spacial score (nSPS) is 14.5. The summed E-state index contributed by atoms with van der Waals surface area (Å²) in [6.07, 6.45) is 0. The molecule has 0 heterocycles. The third-order valence-corrected chi connectivity index (χ3v) is 5.21. The molecule has 3 heteroatoms. The number of hydrogen-bond donors (Lipinski definition) is 1. The summed E-state index contributed by atoms with van der Waals surface area (Å²) in [6, 6.07) is 21.9. The molecule has 0 radical (unpaired) electrons. The lowest BCUT2D eigenvalue weighted by molar-refractivity contribution is 0.130. The summed E-state index contributed by atoms with van der Waals surface area (Å²) in [4.78, 5) is 0. The maximum atomic E-state index is 11.6. The molecule has 4 rings (SSSR count). The Morgan fingerprint density at radius 2 is 1.18 bits per heavy atom. The van der Waals surface area contributed by atoms with Crippen molar-refractivity contribution in [2.24, 2.45) is 0 Å². The van der Waals surface area contributed by atoms with Crippen molar-refractivity contribution in [2.45, 2.75) is 5.60 Å². The van der Waals surface area contributed by atoms with Crippen molar-refractivity contribution in [3.8, 4) is 11.1 Å². The molecule has 0 aliphatic heterocycles. The molecule has 1 nitrogen and oxygen atoms in total. The molecule has 108 valence electrons. The van der Waals surface area contributed by atoms with E-state index in [1.165, 1.54) is 0 Å². The van der Waals surface area contributed by atoms with Gasteiger partial charge in [0.25, 0.3) is 0 Å². The van der Waals surface area contributed by atoms with E-state index in [2.05, 4.69) is 44.0 Å². The molecular formula is C19H12Br2O. The van der Waals surface area contributed by atoms with Crippen molar-refractivity contribution in [1.82, 2.24) is 0 Å². The van der Waals surface area contributed by atoms with Crippen LogP contribution in [0.5, 0.6) is 0 Å². The van der Waals surface area contributed by atoms with E-state index in [0.717, 1.165) is 36.8 Å². The molecule has 0 atom stereocenters. The van der Waals surface area contributed by atoms with Crippen molar-refractivity contribution >= 4 is 31.9 Å². The fourth-order valence-electron chi connectivity index (χ4n) is 3.25. The summed E-state index contributed by atoms with van der Waals surface area (Å²) in [5.74, 6) is 0. The predicted octanol–water partition coefficient (Wildman–Crippen LogP) is 5.48. The van der Waals surface area contributed by atoms with E-state index < -0.39 is 5.60 Å². The first-order chi connectivity index (χ1) is 10.6. The molecule has 0 unspecified atom stereocenters. The average molecular weight is 416 g/mol. The Morgan fingerprint density at radius 1 is 0.682 bits per heavy atom. The molecule has 1 aliphatic rings. The SMILES string of the molecule is OC1(c2ccccc2)c2ccc(Br)cc2-c2cc(Br)ccc21. The molecule has 3 aromatic carbocycles. The van der Waals surface area contributed by atoms with Crippen molar-refractivity contribution in [3.63, 3.8) is 0 Å². The first-order valence-electron chi connectivity index (χ1n) is 6.99. The van der Waals surface area contributed by atoms with Crippen LogP contribution in [-0.2, 0) is 5.60 Å². The van der Waals surface area contributed by atoms with Gasteiger partial charge in [0, 0.05) is 20.1 Å². The molecule has 0 fully saturated rings. The van der Waals surface area contributed by atoms with Crippen LogP contribution in [0.25, 0.3) is 11.1 Å². The third-order valence-electron chi connectivity index (χ3n) is 4.22. The molecule has 1 N–H and O–H groups in total. The Bertz CT molecular complexity index is 820. The van der Waals surface area contributed by atoms with Crippen LogP contribution >= 0.6 is 31.9 Å². The Labute approximate surface area is 145 Å². The highest BCUT2D eigenvalue weighted by Crippen LogP contribution is 2.51. The lowest BCUT2D eigenvalue weighted by Gasteiger charge is -2.26. The highest BCUT2D eigenvalue weighted by molar-refractivity contribution is 9.10. The number of hydrogen-bond acceptors (Lipinski definition) is 1. The van der Waals surface area contributed by atoms with Gasteiger partial charge in [-0.2, -0.15) is 0 Å². The molecule has 0 saturated carbocycles. The van der Waals surface area contributed by atoms with Crippen molar-refractivity contribution in [3.05, 3.63) is 92.4 Å². The lowest BCUT2D eigenvalue weighted by Crippen LogP contribution is -2.25. The molecule has 22 heavy (non-hydrogen) atoms. The van der Waals surface area contributed by atoms with Gasteiger partial charge in [-0.15, -0.1) is 0 Å². The largest absolute Gasteiger partial charge is 0.376 e. The van der Waals surface area contributed by atoms with Gasteiger partial charge >= 0.3 is 0 Å². The van der Waals surface area contributed by atoms with E-state index in [0.29, 0.717) is 0 Å². The summed E-state index contributed by atoms with van der Waals surface area (Å²) < 4.78 is 2.02. The third kappa shape index (κ3) is 1.93. The highest BCUT2D eigenvalue weighted by atomic mass is 79.9. The van der Waals surface area contributed by atoms with Gasteiger partial charge in [0.1, 0.15) is 5.60 Å². The summed E-state index contributed by atoms with van der Waals surface area (Å²) in [5, 5.41) is 11.6. The molecule has 0 amide bonds. The van der Waals surface area contributed by atoms with Crippen LogP contribution in [0.2, 0.25) is 0 Å². The second-order valence-corrected chi connectivity index (χ2v) is 7.29. The average Bonchev–Trinajstić information content (AvgIpc) is 2.78. The highest BCUT2D eigenvalue weighted by Gasteiger charge is 2.43. The first-order valence-corrected chi connectivity index (χ1v) is 8.57. The van der Waals surface area contributed by atoms with Crippen LogP contribution in [0.15, 0.2) is 75.7 Å². The zero-order valence-corrected chi connectivity index (χ0v) is 14.7. The van der Waals surface area contributed by atoms with Gasteiger partial charge in [-0.05, 0) is 41.0 Å². The molecular weight excluding hydrogens is 404 g/mol. The Balaban J connectivity index is 2.10. The van der Waals surface area contributed by atoms with E-state index >= 15 is 0 Å². The molecule has 0 saturated heterocycles. The zero-order valence-electron chi connectivity index (χ0n) is 11.6. The van der Waals surface area contributed by atoms with Gasteiger partial charge < -0.3 is 5.11 Å². The number of rotatable bonds is 1. The fourth-order valence-corrected chi connectivity index (χ4v) is 3.97. The van der Waals surface area contributed by atoms with E-state index in [9.17, 15) is 5.11 Å². The molecule has 0 bridgehead atoms. The van der Waals surface area contributed by atoms with Gasteiger partial charge in [0.2, 0.25) is 0 Å². The van der Waals surface area contributed by atoms with Gasteiger partial charge in [-0.25, -0.2) is 0 Å². The van der Waals surface area contributed by atoms with Crippen LogP contribution in [-0.4, -0.2) is 5.11 Å². The standard InChI is InChI=1S/C19H12Br2O/c20-13-6-8-17-15(10-13)16-11-14(21)7-9-18(16)19(17,22)12-4-2-1-3-5-12/h1-11,22H. The van der Waals surface area contributed by atoms with Gasteiger partial charge in [-0.3, -0.25) is 0 Å². The van der Waals surface area contributed by atoms with E-state index in [4.69, 9.17) is 0 Å². The minimum absolute atomic E-state index is 0.889. The number of aliphatic hydroxyl groups is 1. The maximum absolute atomic E-state index is 11.6. The van der Waals surface area contributed by atoms with Crippen molar-refractivity contribution in [1.29, 1.82) is 0 Å².